The summed E-state index contributed by atoms with van der Waals surface area (Å²) in [5, 5.41) is 4.53. The van der Waals surface area contributed by atoms with Crippen molar-refractivity contribution in [2.24, 2.45) is 0 Å². The van der Waals surface area contributed by atoms with Crippen LogP contribution in [0.4, 0.5) is 11.5 Å². The average molecular weight is 399 g/mol. The van der Waals surface area contributed by atoms with Gasteiger partial charge in [0.1, 0.15) is 28.8 Å². The lowest BCUT2D eigenvalue weighted by molar-refractivity contribution is 0.479. The maximum atomic E-state index is 6.01. The van der Waals surface area contributed by atoms with E-state index in [9.17, 15) is 0 Å². The van der Waals surface area contributed by atoms with Crippen LogP contribution in [0.25, 0.3) is 10.9 Å². The van der Waals surface area contributed by atoms with Crippen molar-refractivity contribution in [1.82, 2.24) is 15.0 Å². The van der Waals surface area contributed by atoms with Crippen molar-refractivity contribution < 1.29 is 4.74 Å². The first-order chi connectivity index (χ1) is 12.7. The molecule has 0 bridgehead atoms. The molecule has 2 heterocycles. The van der Waals surface area contributed by atoms with Crippen molar-refractivity contribution in [3.63, 3.8) is 0 Å². The molecule has 1 N–H and O–H groups in total. The van der Waals surface area contributed by atoms with Gasteiger partial charge in [0.2, 0.25) is 0 Å². The molecule has 136 valence electrons. The molecule has 0 amide bonds. The zero-order chi connectivity index (χ0) is 17.9. The summed E-state index contributed by atoms with van der Waals surface area (Å²) in [6.45, 7) is 2.00. The van der Waals surface area contributed by atoms with Gasteiger partial charge in [-0.3, -0.25) is 0 Å². The molecule has 2 aromatic carbocycles. The summed E-state index contributed by atoms with van der Waals surface area (Å²) in [7, 11) is 0. The lowest BCUT2D eigenvalue weighted by atomic mass is 10.2. The van der Waals surface area contributed by atoms with Gasteiger partial charge in [0.05, 0.1) is 11.7 Å². The summed E-state index contributed by atoms with van der Waals surface area (Å²) in [6.07, 6.45) is 3.13. The Hall–Kier alpha value is -2.89. The number of hydrogen-bond acceptors (Lipinski definition) is 5. The highest BCUT2D eigenvalue weighted by Crippen LogP contribution is 2.29. The summed E-state index contributed by atoms with van der Waals surface area (Å²) in [5.41, 5.74) is 2.64. The molecule has 27 heavy (non-hydrogen) atoms. The van der Waals surface area contributed by atoms with Gasteiger partial charge in [0, 0.05) is 11.1 Å². The molecule has 0 aliphatic rings. The number of hydrogen-bond donors (Lipinski definition) is 1. The second-order valence-electron chi connectivity index (χ2n) is 5.77. The van der Waals surface area contributed by atoms with E-state index >= 15 is 0 Å². The smallest absolute Gasteiger partial charge is 0.141 e. The van der Waals surface area contributed by atoms with Crippen molar-refractivity contribution in [1.29, 1.82) is 0 Å². The Morgan fingerprint density at radius 1 is 0.963 bits per heavy atom. The van der Waals surface area contributed by atoms with Crippen LogP contribution in [0.5, 0.6) is 11.5 Å². The van der Waals surface area contributed by atoms with E-state index in [1.807, 2.05) is 55.5 Å². The Morgan fingerprint density at radius 3 is 2.56 bits per heavy atom. The molecule has 0 unspecified atom stereocenters. The Bertz CT molecular complexity index is 1070. The Labute approximate surface area is 167 Å². The molecule has 0 atom stereocenters. The fourth-order valence-electron chi connectivity index (χ4n) is 2.63. The Kier molecular flexibility index (Phi) is 5.74. The van der Waals surface area contributed by atoms with Crippen LogP contribution in [0.1, 0.15) is 5.56 Å². The van der Waals surface area contributed by atoms with Crippen LogP contribution in [0, 0.1) is 6.92 Å². The van der Waals surface area contributed by atoms with Crippen molar-refractivity contribution >= 4 is 46.4 Å². The number of para-hydroxylation sites is 1. The molecule has 0 aliphatic heterocycles. The van der Waals surface area contributed by atoms with Crippen LogP contribution < -0.4 is 10.1 Å². The van der Waals surface area contributed by atoms with Crippen molar-refractivity contribution in [2.75, 3.05) is 5.32 Å². The highest BCUT2D eigenvalue weighted by Gasteiger charge is 2.08. The van der Waals surface area contributed by atoms with Crippen LogP contribution in [0.3, 0.4) is 0 Å². The molecular weight excluding hydrogens is 383 g/mol. The minimum atomic E-state index is 0. The van der Waals surface area contributed by atoms with Crippen molar-refractivity contribution in [2.45, 2.75) is 6.92 Å². The van der Waals surface area contributed by atoms with Crippen LogP contribution in [-0.4, -0.2) is 15.0 Å². The molecule has 0 spiro atoms. The molecule has 0 radical (unpaired) electrons. The first-order valence-corrected chi connectivity index (χ1v) is 8.44. The second-order valence-corrected chi connectivity index (χ2v) is 6.15. The molecule has 0 aliphatic carbocycles. The number of pyridine rings is 1. The van der Waals surface area contributed by atoms with Gasteiger partial charge in [-0.2, -0.15) is 0 Å². The number of ether oxygens (including phenoxy) is 1. The standard InChI is InChI=1S/C20H15ClN4O.ClH/c1-13-9-14(7-8-18(13)26-15-5-3-2-4-6-15)25-20-16-10-19(21)22-11-17(16)23-12-24-20;/h2-12H,1H3,(H,23,24,25);1H. The minimum Gasteiger partial charge on any atom is -0.457 e. The number of nitrogens with zero attached hydrogens (tertiary/aromatic N) is 3. The van der Waals surface area contributed by atoms with Crippen molar-refractivity contribution in [3.8, 4) is 11.5 Å². The molecule has 4 aromatic rings. The van der Waals surface area contributed by atoms with Gasteiger partial charge in [0.25, 0.3) is 0 Å². The largest absolute Gasteiger partial charge is 0.457 e. The molecular formula is C20H16Cl2N4O. The van der Waals surface area contributed by atoms with Gasteiger partial charge in [-0.15, -0.1) is 12.4 Å². The number of rotatable bonds is 4. The molecule has 4 rings (SSSR count). The molecule has 2 aromatic heterocycles. The van der Waals surface area contributed by atoms with Crippen LogP contribution in [0.2, 0.25) is 5.15 Å². The van der Waals surface area contributed by atoms with E-state index in [0.717, 1.165) is 33.7 Å². The number of halogens is 2. The number of anilines is 2. The van der Waals surface area contributed by atoms with Gasteiger partial charge in [-0.25, -0.2) is 15.0 Å². The van der Waals surface area contributed by atoms with E-state index in [0.29, 0.717) is 11.0 Å². The summed E-state index contributed by atoms with van der Waals surface area (Å²) in [6, 6.07) is 17.3. The quantitative estimate of drug-likeness (QED) is 0.430. The van der Waals surface area contributed by atoms with E-state index in [-0.39, 0.29) is 12.4 Å². The van der Waals surface area contributed by atoms with Gasteiger partial charge in [-0.05, 0) is 48.9 Å². The molecule has 0 fully saturated rings. The fourth-order valence-corrected chi connectivity index (χ4v) is 2.78. The van der Waals surface area contributed by atoms with Crippen LogP contribution in [0.15, 0.2) is 67.1 Å². The van der Waals surface area contributed by atoms with E-state index < -0.39 is 0 Å². The third kappa shape index (κ3) is 4.27. The zero-order valence-electron chi connectivity index (χ0n) is 14.4. The fraction of sp³-hybridized carbons (Fsp3) is 0.0500. The Morgan fingerprint density at radius 2 is 1.78 bits per heavy atom. The number of aromatic nitrogens is 3. The lowest BCUT2D eigenvalue weighted by Gasteiger charge is -2.12. The summed E-state index contributed by atoms with van der Waals surface area (Å²) in [4.78, 5) is 12.6. The highest BCUT2D eigenvalue weighted by molar-refractivity contribution is 6.30. The zero-order valence-corrected chi connectivity index (χ0v) is 16.0. The third-order valence-electron chi connectivity index (χ3n) is 3.90. The average Bonchev–Trinajstić information content (AvgIpc) is 2.65. The molecule has 5 nitrogen and oxygen atoms in total. The van der Waals surface area contributed by atoms with Gasteiger partial charge < -0.3 is 10.1 Å². The third-order valence-corrected chi connectivity index (χ3v) is 4.10. The van der Waals surface area contributed by atoms with E-state index in [1.54, 1.807) is 12.3 Å². The van der Waals surface area contributed by atoms with Gasteiger partial charge in [-0.1, -0.05) is 29.8 Å². The summed E-state index contributed by atoms with van der Waals surface area (Å²) in [5.74, 6) is 2.29. The van der Waals surface area contributed by atoms with E-state index in [4.69, 9.17) is 16.3 Å². The first kappa shape index (κ1) is 18.9. The van der Waals surface area contributed by atoms with E-state index in [2.05, 4.69) is 20.3 Å². The lowest BCUT2D eigenvalue weighted by Crippen LogP contribution is -1.97. The predicted molar refractivity (Wildman–Crippen MR) is 111 cm³/mol. The summed E-state index contributed by atoms with van der Waals surface area (Å²) < 4.78 is 5.92. The Balaban J connectivity index is 0.00000210. The maximum Gasteiger partial charge on any atom is 0.141 e. The number of aryl methyl sites for hydroxylation is 1. The SMILES string of the molecule is Cc1cc(Nc2ncnc3cnc(Cl)cc23)ccc1Oc1ccccc1.Cl. The van der Waals surface area contributed by atoms with Crippen LogP contribution in [-0.2, 0) is 0 Å². The topological polar surface area (TPSA) is 59.9 Å². The molecule has 7 heteroatoms. The van der Waals surface area contributed by atoms with Gasteiger partial charge in [0.15, 0.2) is 0 Å². The molecule has 0 saturated heterocycles. The van der Waals surface area contributed by atoms with Crippen molar-refractivity contribution in [3.05, 3.63) is 77.8 Å². The van der Waals surface area contributed by atoms with Gasteiger partial charge >= 0.3 is 0 Å². The number of fused-ring (bicyclic) bond motifs is 1. The van der Waals surface area contributed by atoms with Crippen LogP contribution >= 0.6 is 24.0 Å². The second kappa shape index (κ2) is 8.20. The highest BCUT2D eigenvalue weighted by atomic mass is 35.5. The predicted octanol–water partition coefficient (Wildman–Crippen LogP) is 5.94. The van der Waals surface area contributed by atoms with E-state index in [1.165, 1.54) is 6.33 Å². The summed E-state index contributed by atoms with van der Waals surface area (Å²) >= 11 is 6.01. The number of nitrogens with one attached hydrogen (secondary N) is 1. The first-order valence-electron chi connectivity index (χ1n) is 8.06. The molecule has 0 saturated carbocycles. The number of benzene rings is 2. The minimum absolute atomic E-state index is 0. The monoisotopic (exact) mass is 398 g/mol. The normalized spacial score (nSPS) is 10.3. The maximum absolute atomic E-state index is 6.01.